The minimum atomic E-state index is -0.410. The molecular formula is C27H30N4O3. The SMILES string of the molecule is Cn1c(CCNC(=O)[C@H]2CC23CCN(C(=O)[C@H]2Cc4ccccc4O2)CC3)nc2ccccc21. The van der Waals surface area contributed by atoms with E-state index in [4.69, 9.17) is 4.74 Å². The van der Waals surface area contributed by atoms with Crippen LogP contribution in [0.2, 0.25) is 0 Å². The summed E-state index contributed by atoms with van der Waals surface area (Å²) in [5.41, 5.74) is 3.27. The first-order chi connectivity index (χ1) is 16.5. The smallest absolute Gasteiger partial charge is 0.263 e. The number of piperidine rings is 1. The summed E-state index contributed by atoms with van der Waals surface area (Å²) in [5, 5.41) is 3.13. The molecule has 1 spiro atoms. The van der Waals surface area contributed by atoms with E-state index in [9.17, 15) is 9.59 Å². The molecular weight excluding hydrogens is 428 g/mol. The average Bonchev–Trinajstić information content (AvgIpc) is 3.22. The molecule has 1 aromatic heterocycles. The van der Waals surface area contributed by atoms with Crippen LogP contribution in [-0.4, -0.2) is 52.0 Å². The lowest BCUT2D eigenvalue weighted by molar-refractivity contribution is -0.139. The maximum Gasteiger partial charge on any atom is 0.263 e. The number of hydrogen-bond donors (Lipinski definition) is 1. The van der Waals surface area contributed by atoms with Gasteiger partial charge in [-0.25, -0.2) is 4.98 Å². The van der Waals surface area contributed by atoms with Crippen LogP contribution in [0.25, 0.3) is 11.0 Å². The number of amides is 2. The van der Waals surface area contributed by atoms with E-state index in [0.29, 0.717) is 32.5 Å². The summed E-state index contributed by atoms with van der Waals surface area (Å²) in [4.78, 5) is 32.5. The van der Waals surface area contributed by atoms with Crippen LogP contribution in [0, 0.1) is 11.3 Å². The summed E-state index contributed by atoms with van der Waals surface area (Å²) < 4.78 is 7.99. The summed E-state index contributed by atoms with van der Waals surface area (Å²) >= 11 is 0. The van der Waals surface area contributed by atoms with Gasteiger partial charge >= 0.3 is 0 Å². The molecule has 0 unspecified atom stereocenters. The second-order valence-corrected chi connectivity index (χ2v) is 9.98. The van der Waals surface area contributed by atoms with Crippen LogP contribution in [0.5, 0.6) is 5.75 Å². The Kier molecular flexibility index (Phi) is 5.08. The lowest BCUT2D eigenvalue weighted by Crippen LogP contribution is -2.46. The van der Waals surface area contributed by atoms with Crippen LogP contribution in [0.15, 0.2) is 48.5 Å². The standard InChI is InChI=1S/C27H30N4O3/c1-30-21-8-4-3-7-20(21)29-24(30)10-13-28-25(32)19-17-27(19)11-14-31(15-12-27)26(33)23-16-18-6-2-5-9-22(18)34-23/h2-9,19,23H,10-17H2,1H3,(H,28,32)/t19-,23-/m1/s1. The van der Waals surface area contributed by atoms with Crippen LogP contribution in [0.3, 0.4) is 0 Å². The van der Waals surface area contributed by atoms with Crippen molar-refractivity contribution in [2.24, 2.45) is 18.4 Å². The molecule has 7 nitrogen and oxygen atoms in total. The first-order valence-corrected chi connectivity index (χ1v) is 12.3. The van der Waals surface area contributed by atoms with Crippen molar-refractivity contribution >= 4 is 22.8 Å². The van der Waals surface area contributed by atoms with Gasteiger partial charge in [-0.2, -0.15) is 0 Å². The molecule has 1 aliphatic carbocycles. The van der Waals surface area contributed by atoms with Crippen LogP contribution in [0.4, 0.5) is 0 Å². The van der Waals surface area contributed by atoms with E-state index < -0.39 is 6.10 Å². The molecule has 2 atom stereocenters. The van der Waals surface area contributed by atoms with Crippen LogP contribution >= 0.6 is 0 Å². The molecule has 1 saturated heterocycles. The van der Waals surface area contributed by atoms with Crippen LogP contribution < -0.4 is 10.1 Å². The van der Waals surface area contributed by atoms with Crippen LogP contribution in [-0.2, 0) is 29.5 Å². The molecule has 1 saturated carbocycles. The molecule has 2 fully saturated rings. The Morgan fingerprint density at radius 1 is 1.12 bits per heavy atom. The quantitative estimate of drug-likeness (QED) is 0.638. The van der Waals surface area contributed by atoms with Gasteiger partial charge in [-0.3, -0.25) is 9.59 Å². The number of nitrogens with zero attached hydrogens (tertiary/aromatic N) is 3. The van der Waals surface area contributed by atoms with Crippen molar-refractivity contribution in [3.63, 3.8) is 0 Å². The Labute approximate surface area is 199 Å². The maximum atomic E-state index is 13.0. The summed E-state index contributed by atoms with van der Waals surface area (Å²) in [6.45, 7) is 2.00. The largest absolute Gasteiger partial charge is 0.480 e. The van der Waals surface area contributed by atoms with Gasteiger partial charge in [0, 0.05) is 45.4 Å². The summed E-state index contributed by atoms with van der Waals surface area (Å²) in [6, 6.07) is 16.0. The van der Waals surface area contributed by atoms with E-state index in [1.165, 1.54) is 0 Å². The molecule has 3 aliphatic rings. The van der Waals surface area contributed by atoms with Crippen molar-refractivity contribution in [1.29, 1.82) is 0 Å². The van der Waals surface area contributed by atoms with Gasteiger partial charge in [0.25, 0.3) is 5.91 Å². The van der Waals surface area contributed by atoms with Crippen molar-refractivity contribution in [2.75, 3.05) is 19.6 Å². The van der Waals surface area contributed by atoms with Crippen molar-refractivity contribution in [3.05, 3.63) is 59.9 Å². The van der Waals surface area contributed by atoms with E-state index in [0.717, 1.165) is 47.4 Å². The third kappa shape index (κ3) is 3.63. The highest BCUT2D eigenvalue weighted by atomic mass is 16.5. The second-order valence-electron chi connectivity index (χ2n) is 9.98. The Morgan fingerprint density at radius 2 is 1.88 bits per heavy atom. The minimum Gasteiger partial charge on any atom is -0.480 e. The number of fused-ring (bicyclic) bond motifs is 2. The van der Waals surface area contributed by atoms with E-state index in [-0.39, 0.29) is 23.1 Å². The Balaban J connectivity index is 0.983. The number of hydrogen-bond acceptors (Lipinski definition) is 4. The van der Waals surface area contributed by atoms with E-state index in [1.807, 2.05) is 54.4 Å². The number of aryl methyl sites for hydroxylation is 1. The molecule has 1 N–H and O–H groups in total. The summed E-state index contributed by atoms with van der Waals surface area (Å²) in [7, 11) is 2.02. The molecule has 176 valence electrons. The predicted octanol–water partition coefficient (Wildman–Crippen LogP) is 2.86. The topological polar surface area (TPSA) is 76.5 Å². The number of carbonyl (C=O) groups is 2. The molecule has 2 amide bonds. The normalized spacial score (nSPS) is 22.4. The molecule has 0 radical (unpaired) electrons. The molecule has 2 aliphatic heterocycles. The number of benzene rings is 2. The number of ether oxygens (including phenoxy) is 1. The van der Waals surface area contributed by atoms with Gasteiger partial charge in [-0.05, 0) is 48.4 Å². The van der Waals surface area contributed by atoms with E-state index in [2.05, 4.69) is 20.9 Å². The molecule has 2 aromatic carbocycles. The number of carbonyl (C=O) groups excluding carboxylic acids is 2. The summed E-state index contributed by atoms with van der Waals surface area (Å²) in [5.74, 6) is 2.10. The number of para-hydroxylation sites is 3. The summed E-state index contributed by atoms with van der Waals surface area (Å²) in [6.07, 6.45) is 3.66. The first kappa shape index (κ1) is 21.2. The fraction of sp³-hybridized carbons (Fsp3) is 0.444. The molecule has 3 aromatic rings. The monoisotopic (exact) mass is 458 g/mol. The van der Waals surface area contributed by atoms with Gasteiger partial charge < -0.3 is 19.5 Å². The number of nitrogens with one attached hydrogen (secondary N) is 1. The highest BCUT2D eigenvalue weighted by Crippen LogP contribution is 2.59. The Morgan fingerprint density at radius 3 is 2.68 bits per heavy atom. The van der Waals surface area contributed by atoms with Gasteiger partial charge in [0.2, 0.25) is 5.91 Å². The highest BCUT2D eigenvalue weighted by Gasteiger charge is 2.58. The second kappa shape index (κ2) is 8.15. The van der Waals surface area contributed by atoms with Crippen molar-refractivity contribution in [2.45, 2.75) is 38.2 Å². The third-order valence-electron chi connectivity index (χ3n) is 8.03. The molecule has 34 heavy (non-hydrogen) atoms. The number of likely N-dealkylation sites (tertiary alicyclic amines) is 1. The van der Waals surface area contributed by atoms with E-state index >= 15 is 0 Å². The van der Waals surface area contributed by atoms with Gasteiger partial charge in [0.05, 0.1) is 11.0 Å². The zero-order valence-corrected chi connectivity index (χ0v) is 19.5. The number of aromatic nitrogens is 2. The Bertz CT molecular complexity index is 1230. The number of rotatable bonds is 5. The maximum absolute atomic E-state index is 13.0. The number of imidazole rings is 1. The lowest BCUT2D eigenvalue weighted by atomic mass is 9.90. The fourth-order valence-corrected chi connectivity index (χ4v) is 5.81. The zero-order chi connectivity index (χ0) is 23.3. The van der Waals surface area contributed by atoms with Crippen LogP contribution in [0.1, 0.15) is 30.7 Å². The highest BCUT2D eigenvalue weighted by molar-refractivity contribution is 5.84. The van der Waals surface area contributed by atoms with Gasteiger partial charge in [0.15, 0.2) is 6.10 Å². The minimum absolute atomic E-state index is 0.0668. The van der Waals surface area contributed by atoms with Gasteiger partial charge in [0.1, 0.15) is 11.6 Å². The van der Waals surface area contributed by atoms with Gasteiger partial charge in [-0.15, -0.1) is 0 Å². The van der Waals surface area contributed by atoms with E-state index in [1.54, 1.807) is 0 Å². The van der Waals surface area contributed by atoms with Crippen molar-refractivity contribution in [1.82, 2.24) is 19.8 Å². The first-order valence-electron chi connectivity index (χ1n) is 12.3. The third-order valence-corrected chi connectivity index (χ3v) is 8.03. The lowest BCUT2D eigenvalue weighted by Gasteiger charge is -2.34. The molecule has 3 heterocycles. The zero-order valence-electron chi connectivity index (χ0n) is 19.5. The molecule has 0 bridgehead atoms. The van der Waals surface area contributed by atoms with Crippen molar-refractivity contribution in [3.8, 4) is 5.75 Å². The Hall–Kier alpha value is -3.35. The molecule has 6 rings (SSSR count). The average molecular weight is 459 g/mol. The van der Waals surface area contributed by atoms with Crippen molar-refractivity contribution < 1.29 is 14.3 Å². The van der Waals surface area contributed by atoms with Gasteiger partial charge in [-0.1, -0.05) is 30.3 Å². The molecule has 7 heteroatoms. The predicted molar refractivity (Wildman–Crippen MR) is 128 cm³/mol. The fourth-order valence-electron chi connectivity index (χ4n) is 5.81.